The fraction of sp³-hybridized carbons (Fsp3) is 1.00. The van der Waals surface area contributed by atoms with Crippen molar-refractivity contribution < 1.29 is 0 Å². The highest BCUT2D eigenvalue weighted by Crippen LogP contribution is 2.34. The van der Waals surface area contributed by atoms with Gasteiger partial charge in [-0.1, -0.05) is 13.8 Å². The van der Waals surface area contributed by atoms with Gasteiger partial charge in [-0.2, -0.15) is 0 Å². The highest BCUT2D eigenvalue weighted by Gasteiger charge is 2.34. The molecule has 0 bridgehead atoms. The van der Waals surface area contributed by atoms with Crippen LogP contribution in [0.5, 0.6) is 0 Å². The van der Waals surface area contributed by atoms with E-state index < -0.39 is 0 Å². The number of rotatable bonds is 5. The van der Waals surface area contributed by atoms with Gasteiger partial charge >= 0.3 is 0 Å². The van der Waals surface area contributed by atoms with E-state index in [1.165, 1.54) is 45.3 Å². The fourth-order valence-electron chi connectivity index (χ4n) is 2.77. The van der Waals surface area contributed by atoms with Crippen LogP contribution in [0.4, 0.5) is 0 Å². The Morgan fingerprint density at radius 1 is 1.19 bits per heavy atom. The van der Waals surface area contributed by atoms with Crippen LogP contribution >= 0.6 is 0 Å². The Balaban J connectivity index is 1.74. The molecular formula is C14H28N2. The lowest BCUT2D eigenvalue weighted by Gasteiger charge is -2.38. The first-order valence-electron chi connectivity index (χ1n) is 7.14. The third-order valence-electron chi connectivity index (χ3n) is 4.21. The van der Waals surface area contributed by atoms with Gasteiger partial charge in [-0.05, 0) is 44.4 Å². The van der Waals surface area contributed by atoms with Crippen LogP contribution in [0.2, 0.25) is 0 Å². The molecule has 1 aliphatic carbocycles. The van der Waals surface area contributed by atoms with E-state index in [9.17, 15) is 0 Å². The summed E-state index contributed by atoms with van der Waals surface area (Å²) in [6.45, 7) is 10.8. The summed E-state index contributed by atoms with van der Waals surface area (Å²) in [5.74, 6) is 1.85. The standard InChI is InChI=1S/C14H28N2/c1-11(2)4-5-12(3)16-9-8-15-14(10-16)13-6-7-13/h11-15H,4-10H2,1-3H3. The minimum absolute atomic E-state index is 0.783. The molecule has 2 nitrogen and oxygen atoms in total. The van der Waals surface area contributed by atoms with Gasteiger partial charge in [0.25, 0.3) is 0 Å². The Kier molecular flexibility index (Phi) is 4.26. The lowest BCUT2D eigenvalue weighted by molar-refractivity contribution is 0.135. The number of hydrogen-bond donors (Lipinski definition) is 1. The maximum Gasteiger partial charge on any atom is 0.0223 e. The molecule has 16 heavy (non-hydrogen) atoms. The van der Waals surface area contributed by atoms with E-state index in [0.717, 1.165) is 23.9 Å². The zero-order chi connectivity index (χ0) is 11.5. The Bertz CT molecular complexity index is 211. The van der Waals surface area contributed by atoms with Gasteiger partial charge in [-0.15, -0.1) is 0 Å². The molecule has 1 saturated heterocycles. The van der Waals surface area contributed by atoms with E-state index in [4.69, 9.17) is 0 Å². The minimum Gasteiger partial charge on any atom is -0.311 e. The van der Waals surface area contributed by atoms with Crippen LogP contribution < -0.4 is 5.32 Å². The summed E-state index contributed by atoms with van der Waals surface area (Å²) in [6, 6.07) is 1.58. The third kappa shape index (κ3) is 3.46. The number of piperazine rings is 1. The average molecular weight is 224 g/mol. The molecule has 1 aliphatic heterocycles. The van der Waals surface area contributed by atoms with E-state index in [2.05, 4.69) is 31.0 Å². The van der Waals surface area contributed by atoms with E-state index in [1.54, 1.807) is 0 Å². The monoisotopic (exact) mass is 224 g/mol. The van der Waals surface area contributed by atoms with Crippen LogP contribution in [-0.2, 0) is 0 Å². The first kappa shape index (κ1) is 12.4. The van der Waals surface area contributed by atoms with Crippen molar-refractivity contribution in [2.45, 2.75) is 58.5 Å². The molecule has 2 rings (SSSR count). The zero-order valence-corrected chi connectivity index (χ0v) is 11.2. The van der Waals surface area contributed by atoms with Crippen LogP contribution in [0.25, 0.3) is 0 Å². The smallest absolute Gasteiger partial charge is 0.0223 e. The van der Waals surface area contributed by atoms with Crippen LogP contribution in [0.1, 0.15) is 46.5 Å². The van der Waals surface area contributed by atoms with Crippen molar-refractivity contribution in [1.82, 2.24) is 10.2 Å². The molecule has 0 radical (unpaired) electrons. The second-order valence-electron chi connectivity index (χ2n) is 6.21. The number of hydrogen-bond acceptors (Lipinski definition) is 2. The predicted molar refractivity (Wildman–Crippen MR) is 69.6 cm³/mol. The van der Waals surface area contributed by atoms with Gasteiger partial charge in [-0.3, -0.25) is 4.90 Å². The van der Waals surface area contributed by atoms with Gasteiger partial charge in [0.15, 0.2) is 0 Å². The van der Waals surface area contributed by atoms with Crippen molar-refractivity contribution in [2.24, 2.45) is 11.8 Å². The van der Waals surface area contributed by atoms with Crippen molar-refractivity contribution in [3.63, 3.8) is 0 Å². The summed E-state index contributed by atoms with van der Waals surface area (Å²) in [4.78, 5) is 2.71. The topological polar surface area (TPSA) is 15.3 Å². The first-order chi connectivity index (χ1) is 7.66. The van der Waals surface area contributed by atoms with Gasteiger partial charge in [-0.25, -0.2) is 0 Å². The molecule has 1 saturated carbocycles. The van der Waals surface area contributed by atoms with Gasteiger partial charge < -0.3 is 5.32 Å². The van der Waals surface area contributed by atoms with E-state index in [0.29, 0.717) is 0 Å². The van der Waals surface area contributed by atoms with E-state index >= 15 is 0 Å². The molecule has 2 heteroatoms. The Morgan fingerprint density at radius 2 is 1.94 bits per heavy atom. The summed E-state index contributed by atoms with van der Waals surface area (Å²) in [5.41, 5.74) is 0. The molecule has 2 fully saturated rings. The minimum atomic E-state index is 0.783. The second kappa shape index (κ2) is 5.50. The molecule has 0 aromatic heterocycles. The molecule has 0 amide bonds. The normalized spacial score (nSPS) is 29.6. The lowest BCUT2D eigenvalue weighted by Crippen LogP contribution is -2.54. The van der Waals surface area contributed by atoms with Gasteiger partial charge in [0.1, 0.15) is 0 Å². The van der Waals surface area contributed by atoms with Gasteiger partial charge in [0.05, 0.1) is 0 Å². The maximum absolute atomic E-state index is 3.69. The molecule has 2 unspecified atom stereocenters. The van der Waals surface area contributed by atoms with Crippen LogP contribution in [-0.4, -0.2) is 36.6 Å². The molecule has 2 aliphatic rings. The molecule has 1 N–H and O–H groups in total. The number of nitrogens with one attached hydrogen (secondary N) is 1. The van der Waals surface area contributed by atoms with Crippen LogP contribution in [0.15, 0.2) is 0 Å². The van der Waals surface area contributed by atoms with Crippen LogP contribution in [0, 0.1) is 11.8 Å². The molecule has 0 spiro atoms. The van der Waals surface area contributed by atoms with Crippen molar-refractivity contribution in [1.29, 1.82) is 0 Å². The third-order valence-corrected chi connectivity index (χ3v) is 4.21. The van der Waals surface area contributed by atoms with Gasteiger partial charge in [0.2, 0.25) is 0 Å². The summed E-state index contributed by atoms with van der Waals surface area (Å²) in [5, 5.41) is 3.69. The Hall–Kier alpha value is -0.0800. The largest absolute Gasteiger partial charge is 0.311 e. The van der Waals surface area contributed by atoms with Crippen molar-refractivity contribution >= 4 is 0 Å². The fourth-order valence-corrected chi connectivity index (χ4v) is 2.77. The second-order valence-corrected chi connectivity index (χ2v) is 6.21. The molecule has 0 aromatic carbocycles. The molecule has 2 atom stereocenters. The summed E-state index contributed by atoms with van der Waals surface area (Å²) >= 11 is 0. The molecule has 94 valence electrons. The Labute approximate surface area is 101 Å². The highest BCUT2D eigenvalue weighted by molar-refractivity contribution is 4.92. The predicted octanol–water partition coefficient (Wildman–Crippen LogP) is 2.49. The SMILES string of the molecule is CC(C)CCC(C)N1CCNC(C2CC2)C1. The number of nitrogens with zero attached hydrogens (tertiary/aromatic N) is 1. The first-order valence-corrected chi connectivity index (χ1v) is 7.14. The van der Waals surface area contributed by atoms with Crippen molar-refractivity contribution in [3.05, 3.63) is 0 Å². The molecular weight excluding hydrogens is 196 g/mol. The van der Waals surface area contributed by atoms with E-state index in [1.807, 2.05) is 0 Å². The average Bonchev–Trinajstić information content (AvgIpc) is 3.10. The summed E-state index contributed by atoms with van der Waals surface area (Å²) in [6.07, 6.45) is 5.67. The summed E-state index contributed by atoms with van der Waals surface area (Å²) < 4.78 is 0. The van der Waals surface area contributed by atoms with Crippen molar-refractivity contribution in [2.75, 3.05) is 19.6 Å². The zero-order valence-electron chi connectivity index (χ0n) is 11.2. The van der Waals surface area contributed by atoms with E-state index in [-0.39, 0.29) is 0 Å². The van der Waals surface area contributed by atoms with Crippen molar-refractivity contribution in [3.8, 4) is 0 Å². The Morgan fingerprint density at radius 3 is 2.56 bits per heavy atom. The maximum atomic E-state index is 3.69. The lowest BCUT2D eigenvalue weighted by atomic mass is 10.0. The highest BCUT2D eigenvalue weighted by atomic mass is 15.2. The molecule has 1 heterocycles. The summed E-state index contributed by atoms with van der Waals surface area (Å²) in [7, 11) is 0. The van der Waals surface area contributed by atoms with Gasteiger partial charge in [0, 0.05) is 31.7 Å². The quantitative estimate of drug-likeness (QED) is 0.772. The van der Waals surface area contributed by atoms with Crippen LogP contribution in [0.3, 0.4) is 0 Å². The molecule has 0 aromatic rings.